The first-order valence-corrected chi connectivity index (χ1v) is 10.7. The molecule has 7 nitrogen and oxygen atoms in total. The number of thiazole rings is 1. The fourth-order valence-corrected chi connectivity index (χ4v) is 4.21. The zero-order chi connectivity index (χ0) is 21.1. The third kappa shape index (κ3) is 4.71. The standard InChI is InChI=1S/C20H26ClN5O2S/c1-13(2)26-12-9-15(23-26)19(27)25(11-6-10-24(3)4)20-22-17-16(28-5)8-7-14(21)18(17)29-20/h7-9,12-13H,6,10-11H2,1-5H3. The van der Waals surface area contributed by atoms with Crippen molar-refractivity contribution in [3.8, 4) is 5.75 Å². The Morgan fingerprint density at radius 2 is 2.03 bits per heavy atom. The molecule has 1 amide bonds. The molecule has 1 aromatic carbocycles. The molecule has 0 unspecified atom stereocenters. The van der Waals surface area contributed by atoms with Gasteiger partial charge in [-0.1, -0.05) is 22.9 Å². The Labute approximate surface area is 179 Å². The number of ether oxygens (including phenoxy) is 1. The van der Waals surface area contributed by atoms with E-state index in [9.17, 15) is 4.79 Å². The van der Waals surface area contributed by atoms with E-state index in [4.69, 9.17) is 21.3 Å². The zero-order valence-electron chi connectivity index (χ0n) is 17.3. The highest BCUT2D eigenvalue weighted by atomic mass is 35.5. The molecule has 156 valence electrons. The van der Waals surface area contributed by atoms with Crippen molar-refractivity contribution in [1.82, 2.24) is 19.7 Å². The summed E-state index contributed by atoms with van der Waals surface area (Å²) in [4.78, 5) is 21.8. The van der Waals surface area contributed by atoms with Gasteiger partial charge in [-0.05, 0) is 59.1 Å². The van der Waals surface area contributed by atoms with Gasteiger partial charge in [-0.15, -0.1) is 0 Å². The molecule has 0 atom stereocenters. The van der Waals surface area contributed by atoms with Crippen molar-refractivity contribution in [2.45, 2.75) is 26.3 Å². The summed E-state index contributed by atoms with van der Waals surface area (Å²) >= 11 is 7.76. The molecule has 0 fully saturated rings. The number of amides is 1. The van der Waals surface area contributed by atoms with Gasteiger partial charge in [-0.3, -0.25) is 14.4 Å². The molecule has 3 rings (SSSR count). The summed E-state index contributed by atoms with van der Waals surface area (Å²) in [6.07, 6.45) is 2.64. The van der Waals surface area contributed by atoms with Crippen molar-refractivity contribution in [3.05, 3.63) is 35.1 Å². The maximum absolute atomic E-state index is 13.3. The monoisotopic (exact) mass is 435 g/mol. The van der Waals surface area contributed by atoms with Crippen LogP contribution in [0.4, 0.5) is 5.13 Å². The Morgan fingerprint density at radius 3 is 2.66 bits per heavy atom. The average molecular weight is 436 g/mol. The number of carbonyl (C=O) groups excluding carboxylic acids is 1. The molecule has 0 spiro atoms. The van der Waals surface area contributed by atoms with Crippen molar-refractivity contribution in [3.63, 3.8) is 0 Å². The van der Waals surface area contributed by atoms with E-state index in [0.29, 0.717) is 33.7 Å². The Morgan fingerprint density at radius 1 is 1.28 bits per heavy atom. The van der Waals surface area contributed by atoms with Crippen LogP contribution in [0, 0.1) is 0 Å². The second-order valence-corrected chi connectivity index (χ2v) is 8.70. The molecule has 2 aromatic heterocycles. The lowest BCUT2D eigenvalue weighted by atomic mass is 10.3. The van der Waals surface area contributed by atoms with Crippen LogP contribution in [0.5, 0.6) is 5.75 Å². The van der Waals surface area contributed by atoms with E-state index in [1.165, 1.54) is 11.3 Å². The Kier molecular flexibility index (Phi) is 6.77. The fourth-order valence-electron chi connectivity index (χ4n) is 2.93. The molecule has 2 heterocycles. The lowest BCUT2D eigenvalue weighted by molar-refractivity contribution is 0.0980. The second kappa shape index (κ2) is 9.11. The van der Waals surface area contributed by atoms with Crippen molar-refractivity contribution >= 4 is 44.2 Å². The first-order valence-electron chi connectivity index (χ1n) is 9.46. The highest BCUT2D eigenvalue weighted by molar-refractivity contribution is 7.23. The maximum atomic E-state index is 13.3. The number of aromatic nitrogens is 3. The summed E-state index contributed by atoms with van der Waals surface area (Å²) < 4.78 is 8.01. The van der Waals surface area contributed by atoms with E-state index in [1.807, 2.05) is 34.1 Å². The number of fused-ring (bicyclic) bond motifs is 1. The molecule has 0 saturated carbocycles. The normalized spacial score (nSPS) is 11.6. The Balaban J connectivity index is 1.99. The van der Waals surface area contributed by atoms with E-state index in [0.717, 1.165) is 17.7 Å². The quantitative estimate of drug-likeness (QED) is 0.526. The minimum atomic E-state index is -0.169. The summed E-state index contributed by atoms with van der Waals surface area (Å²) in [5, 5.41) is 5.63. The minimum Gasteiger partial charge on any atom is -0.494 e. The smallest absolute Gasteiger partial charge is 0.280 e. The number of methoxy groups -OCH3 is 1. The largest absolute Gasteiger partial charge is 0.494 e. The van der Waals surface area contributed by atoms with Gasteiger partial charge in [0.2, 0.25) is 0 Å². The van der Waals surface area contributed by atoms with Crippen molar-refractivity contribution in [2.75, 3.05) is 39.2 Å². The summed E-state index contributed by atoms with van der Waals surface area (Å²) in [6.45, 7) is 5.44. The lowest BCUT2D eigenvalue weighted by Gasteiger charge is -2.20. The van der Waals surface area contributed by atoms with E-state index in [-0.39, 0.29) is 11.9 Å². The van der Waals surface area contributed by atoms with Crippen molar-refractivity contribution < 1.29 is 9.53 Å². The van der Waals surface area contributed by atoms with Gasteiger partial charge >= 0.3 is 0 Å². The van der Waals surface area contributed by atoms with E-state index < -0.39 is 0 Å². The number of carbonyl (C=O) groups is 1. The molecular formula is C20H26ClN5O2S. The maximum Gasteiger partial charge on any atom is 0.280 e. The number of benzene rings is 1. The summed E-state index contributed by atoms with van der Waals surface area (Å²) in [5.41, 5.74) is 1.07. The molecule has 0 aliphatic heterocycles. The van der Waals surface area contributed by atoms with Crippen LogP contribution in [-0.4, -0.2) is 59.9 Å². The molecular weight excluding hydrogens is 410 g/mol. The van der Waals surface area contributed by atoms with Gasteiger partial charge in [0.25, 0.3) is 5.91 Å². The number of halogens is 1. The summed E-state index contributed by atoms with van der Waals surface area (Å²) in [7, 11) is 5.62. The second-order valence-electron chi connectivity index (χ2n) is 7.31. The molecule has 0 radical (unpaired) electrons. The molecule has 29 heavy (non-hydrogen) atoms. The molecule has 9 heteroatoms. The number of rotatable bonds is 8. The number of anilines is 1. The lowest BCUT2D eigenvalue weighted by Crippen LogP contribution is -2.33. The highest BCUT2D eigenvalue weighted by Crippen LogP contribution is 2.39. The topological polar surface area (TPSA) is 63.5 Å². The molecule has 0 aliphatic carbocycles. The minimum absolute atomic E-state index is 0.169. The SMILES string of the molecule is COc1ccc(Cl)c2sc(N(CCCN(C)C)C(=O)c3ccn(C(C)C)n3)nc12. The van der Waals surface area contributed by atoms with Gasteiger partial charge in [0.1, 0.15) is 11.3 Å². The molecule has 0 saturated heterocycles. The highest BCUT2D eigenvalue weighted by Gasteiger charge is 2.25. The molecule has 3 aromatic rings. The number of hydrogen-bond acceptors (Lipinski definition) is 6. The first-order chi connectivity index (χ1) is 13.8. The zero-order valence-corrected chi connectivity index (χ0v) is 18.9. The van der Waals surface area contributed by atoms with E-state index in [1.54, 1.807) is 34.9 Å². The van der Waals surface area contributed by atoms with Crippen LogP contribution in [0.1, 0.15) is 36.8 Å². The fraction of sp³-hybridized carbons (Fsp3) is 0.450. The van der Waals surface area contributed by atoms with Crippen LogP contribution >= 0.6 is 22.9 Å². The van der Waals surface area contributed by atoms with Crippen molar-refractivity contribution in [2.24, 2.45) is 0 Å². The van der Waals surface area contributed by atoms with Crippen LogP contribution in [0.2, 0.25) is 5.02 Å². The molecule has 0 N–H and O–H groups in total. The van der Waals surface area contributed by atoms with Crippen LogP contribution in [0.25, 0.3) is 10.2 Å². The van der Waals surface area contributed by atoms with Gasteiger partial charge in [0.15, 0.2) is 10.8 Å². The predicted octanol–water partition coefficient (Wildman–Crippen LogP) is 4.33. The average Bonchev–Trinajstić information content (AvgIpc) is 3.33. The third-order valence-corrected chi connectivity index (χ3v) is 6.03. The van der Waals surface area contributed by atoms with E-state index >= 15 is 0 Å². The van der Waals surface area contributed by atoms with Gasteiger partial charge < -0.3 is 9.64 Å². The van der Waals surface area contributed by atoms with Crippen LogP contribution < -0.4 is 9.64 Å². The summed E-state index contributed by atoms with van der Waals surface area (Å²) in [5.74, 6) is 0.467. The van der Waals surface area contributed by atoms with Gasteiger partial charge in [-0.2, -0.15) is 5.10 Å². The number of hydrogen-bond donors (Lipinski definition) is 0. The summed E-state index contributed by atoms with van der Waals surface area (Å²) in [6, 6.07) is 5.51. The van der Waals surface area contributed by atoms with Gasteiger partial charge in [0.05, 0.1) is 16.8 Å². The van der Waals surface area contributed by atoms with Crippen LogP contribution in [0.3, 0.4) is 0 Å². The number of nitrogens with zero attached hydrogens (tertiary/aromatic N) is 5. The van der Waals surface area contributed by atoms with Crippen LogP contribution in [0.15, 0.2) is 24.4 Å². The van der Waals surface area contributed by atoms with Crippen LogP contribution in [-0.2, 0) is 0 Å². The van der Waals surface area contributed by atoms with E-state index in [2.05, 4.69) is 10.00 Å². The molecule has 0 bridgehead atoms. The third-order valence-electron chi connectivity index (χ3n) is 4.49. The first kappa shape index (κ1) is 21.5. The van der Waals surface area contributed by atoms with Gasteiger partial charge in [-0.25, -0.2) is 4.98 Å². The Hall–Kier alpha value is -2.16. The predicted molar refractivity (Wildman–Crippen MR) is 119 cm³/mol. The van der Waals surface area contributed by atoms with Crippen molar-refractivity contribution in [1.29, 1.82) is 0 Å². The molecule has 0 aliphatic rings. The Bertz CT molecular complexity index is 998. The van der Waals surface area contributed by atoms with Gasteiger partial charge in [0, 0.05) is 18.8 Å².